The van der Waals surface area contributed by atoms with Crippen LogP contribution in [0.15, 0.2) is 66.2 Å². The van der Waals surface area contributed by atoms with Crippen molar-refractivity contribution in [1.29, 1.82) is 0 Å². The Hall–Kier alpha value is -3.86. The Balaban J connectivity index is 2.00. The maximum atomic E-state index is 13.4. The molecule has 1 heterocycles. The van der Waals surface area contributed by atoms with Crippen molar-refractivity contribution in [3.8, 4) is 5.75 Å². The van der Waals surface area contributed by atoms with Crippen molar-refractivity contribution in [3.05, 3.63) is 99.6 Å². The number of carbonyl (C=O) groups is 2. The van der Waals surface area contributed by atoms with Gasteiger partial charge >= 0.3 is 0 Å². The van der Waals surface area contributed by atoms with Gasteiger partial charge in [0, 0.05) is 11.3 Å². The Bertz CT molecular complexity index is 1380. The molecular weight excluding hydrogens is 438 g/mol. The van der Waals surface area contributed by atoms with Crippen LogP contribution in [0.25, 0.3) is 5.76 Å². The van der Waals surface area contributed by atoms with Crippen LogP contribution in [0.1, 0.15) is 60.2 Å². The average Bonchev–Trinajstić information content (AvgIpc) is 3.05. The third kappa shape index (κ3) is 4.34. The number of phenols is 1. The number of Topliss-reactive ketones (excluding diaryl/α,β-unsaturated/α-hetero) is 1. The first kappa shape index (κ1) is 24.3. The zero-order valence-corrected chi connectivity index (χ0v) is 21.0. The molecule has 0 aliphatic carbocycles. The lowest BCUT2D eigenvalue weighted by molar-refractivity contribution is -0.132. The molecule has 0 spiro atoms. The molecule has 35 heavy (non-hydrogen) atoms. The minimum atomic E-state index is -0.887. The highest BCUT2D eigenvalue weighted by atomic mass is 16.3. The van der Waals surface area contributed by atoms with Gasteiger partial charge in [-0.25, -0.2) is 0 Å². The van der Waals surface area contributed by atoms with Crippen molar-refractivity contribution >= 4 is 23.1 Å². The molecule has 1 aliphatic rings. The van der Waals surface area contributed by atoms with E-state index in [2.05, 4.69) is 20.8 Å². The van der Waals surface area contributed by atoms with Crippen LogP contribution in [-0.4, -0.2) is 21.9 Å². The van der Waals surface area contributed by atoms with Crippen LogP contribution >= 0.6 is 0 Å². The summed E-state index contributed by atoms with van der Waals surface area (Å²) in [5, 5.41) is 21.7. The number of benzene rings is 3. The average molecular weight is 470 g/mol. The van der Waals surface area contributed by atoms with Gasteiger partial charge in [-0.3, -0.25) is 14.5 Å². The maximum absolute atomic E-state index is 13.4. The zero-order valence-electron chi connectivity index (χ0n) is 21.0. The summed E-state index contributed by atoms with van der Waals surface area (Å²) in [6, 6.07) is 16.9. The van der Waals surface area contributed by atoms with Crippen molar-refractivity contribution in [3.63, 3.8) is 0 Å². The molecule has 0 bridgehead atoms. The maximum Gasteiger partial charge on any atom is 0.300 e. The molecule has 2 N–H and O–H groups in total. The first-order valence-corrected chi connectivity index (χ1v) is 11.7. The minimum absolute atomic E-state index is 0.00740. The third-order valence-corrected chi connectivity index (χ3v) is 6.76. The topological polar surface area (TPSA) is 77.8 Å². The number of hydrogen-bond donors (Lipinski definition) is 2. The summed E-state index contributed by atoms with van der Waals surface area (Å²) in [5.74, 6) is -1.67. The van der Waals surface area contributed by atoms with E-state index < -0.39 is 17.7 Å². The number of hydrogen-bond acceptors (Lipinski definition) is 4. The fourth-order valence-electron chi connectivity index (χ4n) is 4.47. The van der Waals surface area contributed by atoms with Gasteiger partial charge in [-0.15, -0.1) is 0 Å². The molecule has 1 fully saturated rings. The lowest BCUT2D eigenvalue weighted by Gasteiger charge is -2.26. The molecular formula is C30H31NO4. The minimum Gasteiger partial charge on any atom is -0.508 e. The molecule has 0 radical (unpaired) electrons. The van der Waals surface area contributed by atoms with Crippen LogP contribution in [-0.2, 0) is 15.0 Å². The molecule has 0 saturated carbocycles. The summed E-state index contributed by atoms with van der Waals surface area (Å²) in [6.45, 7) is 12.0. The summed E-state index contributed by atoms with van der Waals surface area (Å²) < 4.78 is 0. The van der Waals surface area contributed by atoms with Gasteiger partial charge in [0.15, 0.2) is 0 Å². The van der Waals surface area contributed by atoms with Crippen molar-refractivity contribution in [1.82, 2.24) is 0 Å². The second-order valence-electron chi connectivity index (χ2n) is 10.3. The Morgan fingerprint density at radius 1 is 0.857 bits per heavy atom. The molecule has 5 heteroatoms. The summed E-state index contributed by atoms with van der Waals surface area (Å²) in [7, 11) is 0. The Kier molecular flexibility index (Phi) is 6.05. The largest absolute Gasteiger partial charge is 0.508 e. The molecule has 1 aliphatic heterocycles. The number of amides is 1. The number of aromatic hydroxyl groups is 1. The molecule has 3 aromatic rings. The van der Waals surface area contributed by atoms with E-state index >= 15 is 0 Å². The number of anilines is 1. The lowest BCUT2D eigenvalue weighted by Crippen LogP contribution is -2.29. The second kappa shape index (κ2) is 8.73. The Morgan fingerprint density at radius 2 is 1.54 bits per heavy atom. The summed E-state index contributed by atoms with van der Waals surface area (Å²) in [6.07, 6.45) is 0. The van der Waals surface area contributed by atoms with Crippen molar-refractivity contribution in [2.24, 2.45) is 0 Å². The van der Waals surface area contributed by atoms with E-state index in [9.17, 15) is 19.8 Å². The van der Waals surface area contributed by atoms with E-state index in [1.807, 2.05) is 51.1 Å². The molecule has 1 amide bonds. The third-order valence-electron chi connectivity index (χ3n) is 6.76. The number of phenolic OH excluding ortho intramolecular Hbond substituents is 1. The SMILES string of the molecule is Cc1ccc(N2C(=O)C(=O)/C(=C(/O)c3cc(C(C)(C)C)ccc3C)C2c2cccc(O)c2)cc1C. The van der Waals surface area contributed by atoms with E-state index in [0.29, 0.717) is 16.8 Å². The van der Waals surface area contributed by atoms with Crippen LogP contribution in [0.4, 0.5) is 5.69 Å². The van der Waals surface area contributed by atoms with Gasteiger partial charge in [0.1, 0.15) is 11.5 Å². The zero-order chi connectivity index (χ0) is 25.7. The van der Waals surface area contributed by atoms with E-state index in [0.717, 1.165) is 22.3 Å². The highest BCUT2D eigenvalue weighted by Crippen LogP contribution is 2.43. The van der Waals surface area contributed by atoms with Crippen LogP contribution in [0.2, 0.25) is 0 Å². The molecule has 180 valence electrons. The van der Waals surface area contributed by atoms with Gasteiger partial charge in [0.25, 0.3) is 11.7 Å². The molecule has 4 rings (SSSR count). The molecule has 3 aromatic carbocycles. The smallest absolute Gasteiger partial charge is 0.300 e. The van der Waals surface area contributed by atoms with Gasteiger partial charge in [0.05, 0.1) is 11.6 Å². The highest BCUT2D eigenvalue weighted by molar-refractivity contribution is 6.51. The van der Waals surface area contributed by atoms with Crippen LogP contribution in [0, 0.1) is 20.8 Å². The molecule has 1 unspecified atom stereocenters. The van der Waals surface area contributed by atoms with Crippen molar-refractivity contribution in [2.45, 2.75) is 53.0 Å². The standard InChI is InChI=1S/C30H31NO4/c1-17-11-13-22(14-19(17)3)31-26(20-8-7-9-23(32)15-20)25(28(34)29(31)35)27(33)24-16-21(30(4,5)6)12-10-18(24)2/h7-16,26,32-33H,1-6H3/b27-25+. The van der Waals surface area contributed by atoms with E-state index in [-0.39, 0.29) is 22.5 Å². The summed E-state index contributed by atoms with van der Waals surface area (Å²) >= 11 is 0. The van der Waals surface area contributed by atoms with Gasteiger partial charge in [-0.1, -0.05) is 51.1 Å². The predicted molar refractivity (Wildman–Crippen MR) is 139 cm³/mol. The van der Waals surface area contributed by atoms with Gasteiger partial charge in [-0.05, 0) is 84.3 Å². The molecule has 5 nitrogen and oxygen atoms in total. The normalized spacial score (nSPS) is 17.8. The van der Waals surface area contributed by atoms with Crippen molar-refractivity contribution < 1.29 is 19.8 Å². The monoisotopic (exact) mass is 469 g/mol. The first-order chi connectivity index (χ1) is 16.4. The fraction of sp³-hybridized carbons (Fsp3) is 0.267. The van der Waals surface area contributed by atoms with Crippen LogP contribution in [0.5, 0.6) is 5.75 Å². The molecule has 0 aromatic heterocycles. The number of aliphatic hydroxyl groups is 1. The number of aryl methyl sites for hydroxylation is 3. The predicted octanol–water partition coefficient (Wildman–Crippen LogP) is 6.24. The fourth-order valence-corrected chi connectivity index (χ4v) is 4.47. The van der Waals surface area contributed by atoms with Gasteiger partial charge in [-0.2, -0.15) is 0 Å². The van der Waals surface area contributed by atoms with Crippen LogP contribution < -0.4 is 4.90 Å². The lowest BCUT2D eigenvalue weighted by atomic mass is 9.84. The van der Waals surface area contributed by atoms with E-state index in [4.69, 9.17) is 0 Å². The Labute approximate surface area is 206 Å². The highest BCUT2D eigenvalue weighted by Gasteiger charge is 2.47. The van der Waals surface area contributed by atoms with E-state index in [1.54, 1.807) is 18.2 Å². The van der Waals surface area contributed by atoms with Gasteiger partial charge < -0.3 is 10.2 Å². The van der Waals surface area contributed by atoms with Crippen molar-refractivity contribution in [2.75, 3.05) is 4.90 Å². The number of nitrogens with zero attached hydrogens (tertiary/aromatic N) is 1. The quantitative estimate of drug-likeness (QED) is 0.270. The number of aliphatic hydroxyl groups excluding tert-OH is 1. The second-order valence-corrected chi connectivity index (χ2v) is 10.3. The molecule has 1 atom stereocenters. The van der Waals surface area contributed by atoms with E-state index in [1.165, 1.54) is 17.0 Å². The number of carbonyl (C=O) groups excluding carboxylic acids is 2. The molecule has 1 saturated heterocycles. The number of ketones is 1. The summed E-state index contributed by atoms with van der Waals surface area (Å²) in [4.78, 5) is 28.3. The Morgan fingerprint density at radius 3 is 2.17 bits per heavy atom. The first-order valence-electron chi connectivity index (χ1n) is 11.7. The van der Waals surface area contributed by atoms with Crippen LogP contribution in [0.3, 0.4) is 0 Å². The summed E-state index contributed by atoms with van der Waals surface area (Å²) in [5.41, 5.74) is 5.29. The van der Waals surface area contributed by atoms with Gasteiger partial charge in [0.2, 0.25) is 0 Å². The number of rotatable bonds is 3.